The van der Waals surface area contributed by atoms with Crippen LogP contribution in [0.25, 0.3) is 0 Å². The number of aryl methyl sites for hydroxylation is 1. The van der Waals surface area contributed by atoms with E-state index in [0.717, 1.165) is 0 Å². The first-order valence-corrected chi connectivity index (χ1v) is 6.06. The highest BCUT2D eigenvalue weighted by Crippen LogP contribution is 2.19. The molecule has 0 bridgehead atoms. The fourth-order valence-electron chi connectivity index (χ4n) is 1.69. The molecule has 0 saturated heterocycles. The van der Waals surface area contributed by atoms with Crippen LogP contribution in [0.4, 0.5) is 0 Å². The number of carboxylic acids is 1. The van der Waals surface area contributed by atoms with E-state index in [-0.39, 0.29) is 18.0 Å². The van der Waals surface area contributed by atoms with Crippen LogP contribution in [0.5, 0.6) is 0 Å². The number of carbonyl (C=O) groups excluding carboxylic acids is 1. The predicted molar refractivity (Wildman–Crippen MR) is 69.7 cm³/mol. The molecule has 1 unspecified atom stereocenters. The van der Waals surface area contributed by atoms with Crippen LogP contribution in [0.1, 0.15) is 42.6 Å². The monoisotopic (exact) mass is 268 g/mol. The average molecular weight is 268 g/mol. The molecule has 1 atom stereocenters. The van der Waals surface area contributed by atoms with Crippen LogP contribution in [0, 0.1) is 12.8 Å². The zero-order valence-corrected chi connectivity index (χ0v) is 11.6. The SMILES string of the molecule is Cc1oc(CNC(C)(C(N)=O)C(C)C)cc1C(=O)O. The number of nitrogens with two attached hydrogens (primary N) is 1. The number of rotatable bonds is 6. The summed E-state index contributed by atoms with van der Waals surface area (Å²) in [5.41, 5.74) is 4.65. The van der Waals surface area contributed by atoms with Gasteiger partial charge in [-0.2, -0.15) is 0 Å². The van der Waals surface area contributed by atoms with Crippen LogP contribution in [0.2, 0.25) is 0 Å². The number of hydrogen-bond acceptors (Lipinski definition) is 4. The lowest BCUT2D eigenvalue weighted by molar-refractivity contribution is -0.125. The fraction of sp³-hybridized carbons (Fsp3) is 0.538. The van der Waals surface area contributed by atoms with E-state index >= 15 is 0 Å². The van der Waals surface area contributed by atoms with E-state index in [9.17, 15) is 9.59 Å². The van der Waals surface area contributed by atoms with E-state index in [2.05, 4.69) is 5.32 Å². The predicted octanol–water partition coefficient (Wildman–Crippen LogP) is 1.28. The Morgan fingerprint density at radius 1 is 1.53 bits per heavy atom. The van der Waals surface area contributed by atoms with Gasteiger partial charge in [0.1, 0.15) is 17.1 Å². The maximum atomic E-state index is 11.5. The highest BCUT2D eigenvalue weighted by molar-refractivity contribution is 5.88. The van der Waals surface area contributed by atoms with E-state index in [4.69, 9.17) is 15.3 Å². The van der Waals surface area contributed by atoms with Gasteiger partial charge in [0.15, 0.2) is 0 Å². The quantitative estimate of drug-likeness (QED) is 0.720. The van der Waals surface area contributed by atoms with E-state index in [1.54, 1.807) is 13.8 Å². The third-order valence-electron chi connectivity index (χ3n) is 3.50. The Morgan fingerprint density at radius 2 is 2.11 bits per heavy atom. The summed E-state index contributed by atoms with van der Waals surface area (Å²) in [7, 11) is 0. The van der Waals surface area contributed by atoms with E-state index < -0.39 is 17.4 Å². The van der Waals surface area contributed by atoms with Crippen molar-refractivity contribution in [2.45, 2.75) is 39.8 Å². The number of amides is 1. The summed E-state index contributed by atoms with van der Waals surface area (Å²) in [5, 5.41) is 12.0. The molecule has 0 aliphatic carbocycles. The van der Waals surface area contributed by atoms with Gasteiger partial charge >= 0.3 is 5.97 Å². The van der Waals surface area contributed by atoms with Crippen molar-refractivity contribution in [3.63, 3.8) is 0 Å². The summed E-state index contributed by atoms with van der Waals surface area (Å²) in [6, 6.07) is 1.45. The molecule has 0 fully saturated rings. The fourth-order valence-corrected chi connectivity index (χ4v) is 1.69. The molecule has 6 nitrogen and oxygen atoms in total. The second kappa shape index (κ2) is 5.44. The lowest BCUT2D eigenvalue weighted by Crippen LogP contribution is -2.56. The molecule has 0 aromatic carbocycles. The minimum Gasteiger partial charge on any atom is -0.478 e. The molecule has 0 radical (unpaired) electrons. The smallest absolute Gasteiger partial charge is 0.339 e. The van der Waals surface area contributed by atoms with Gasteiger partial charge in [-0.1, -0.05) is 13.8 Å². The van der Waals surface area contributed by atoms with Crippen molar-refractivity contribution < 1.29 is 19.1 Å². The van der Waals surface area contributed by atoms with Crippen LogP contribution in [0.15, 0.2) is 10.5 Å². The van der Waals surface area contributed by atoms with Gasteiger partial charge in [-0.25, -0.2) is 4.79 Å². The second-order valence-corrected chi connectivity index (χ2v) is 5.06. The van der Waals surface area contributed by atoms with Crippen molar-refractivity contribution in [3.05, 3.63) is 23.2 Å². The standard InChI is InChI=1S/C13H20N2O4/c1-7(2)13(4,12(14)18)15-6-9-5-10(11(16)17)8(3)19-9/h5,7,15H,6H2,1-4H3,(H2,14,18)(H,16,17). The summed E-state index contributed by atoms with van der Waals surface area (Å²) in [6.45, 7) is 7.31. The van der Waals surface area contributed by atoms with Gasteiger partial charge in [0.25, 0.3) is 0 Å². The van der Waals surface area contributed by atoms with Gasteiger partial charge in [0, 0.05) is 0 Å². The topological polar surface area (TPSA) is 106 Å². The van der Waals surface area contributed by atoms with Gasteiger partial charge in [-0.3, -0.25) is 10.1 Å². The van der Waals surface area contributed by atoms with Crippen molar-refractivity contribution in [2.24, 2.45) is 11.7 Å². The maximum Gasteiger partial charge on any atom is 0.339 e. The van der Waals surface area contributed by atoms with Gasteiger partial charge < -0.3 is 15.3 Å². The first-order valence-electron chi connectivity index (χ1n) is 6.06. The van der Waals surface area contributed by atoms with Gasteiger partial charge in [0.05, 0.1) is 12.1 Å². The highest BCUT2D eigenvalue weighted by atomic mass is 16.4. The van der Waals surface area contributed by atoms with Crippen molar-refractivity contribution in [1.29, 1.82) is 0 Å². The Labute approximate surface area is 112 Å². The molecule has 1 aromatic rings. The summed E-state index contributed by atoms with van der Waals surface area (Å²) in [5.74, 6) is -0.684. The maximum absolute atomic E-state index is 11.5. The van der Waals surface area contributed by atoms with Crippen molar-refractivity contribution in [2.75, 3.05) is 0 Å². The Balaban J connectivity index is 2.84. The lowest BCUT2D eigenvalue weighted by atomic mass is 9.87. The number of nitrogens with one attached hydrogen (secondary N) is 1. The summed E-state index contributed by atoms with van der Waals surface area (Å²) >= 11 is 0. The largest absolute Gasteiger partial charge is 0.478 e. The molecule has 0 aliphatic rings. The number of aromatic carboxylic acids is 1. The molecule has 0 spiro atoms. The molecule has 19 heavy (non-hydrogen) atoms. The Morgan fingerprint density at radius 3 is 2.47 bits per heavy atom. The number of primary amides is 1. The third-order valence-corrected chi connectivity index (χ3v) is 3.50. The summed E-state index contributed by atoms with van der Waals surface area (Å²) < 4.78 is 5.34. The molecule has 106 valence electrons. The van der Waals surface area contributed by atoms with Crippen LogP contribution < -0.4 is 11.1 Å². The molecule has 6 heteroatoms. The van der Waals surface area contributed by atoms with E-state index in [0.29, 0.717) is 11.5 Å². The highest BCUT2D eigenvalue weighted by Gasteiger charge is 2.34. The minimum atomic E-state index is -1.03. The van der Waals surface area contributed by atoms with Crippen LogP contribution in [-0.4, -0.2) is 22.5 Å². The normalized spacial score (nSPS) is 14.4. The van der Waals surface area contributed by atoms with Crippen molar-refractivity contribution in [3.8, 4) is 0 Å². The molecule has 1 aromatic heterocycles. The molecule has 1 amide bonds. The van der Waals surface area contributed by atoms with Gasteiger partial charge in [-0.05, 0) is 25.8 Å². The Bertz CT molecular complexity index is 493. The number of hydrogen-bond donors (Lipinski definition) is 3. The van der Waals surface area contributed by atoms with Gasteiger partial charge in [0.2, 0.25) is 5.91 Å². The average Bonchev–Trinajstić information content (AvgIpc) is 2.67. The van der Waals surface area contributed by atoms with Crippen molar-refractivity contribution in [1.82, 2.24) is 5.32 Å². The number of carboxylic acid groups (broad SMARTS) is 1. The third kappa shape index (κ3) is 3.14. The summed E-state index contributed by atoms with van der Waals surface area (Å²) in [4.78, 5) is 22.4. The first kappa shape index (κ1) is 15.2. The Kier molecular flexibility index (Phi) is 4.36. The van der Waals surface area contributed by atoms with Crippen LogP contribution in [0.3, 0.4) is 0 Å². The molecule has 0 aliphatic heterocycles. The van der Waals surface area contributed by atoms with E-state index in [1.165, 1.54) is 6.07 Å². The molecule has 1 rings (SSSR count). The number of furan rings is 1. The molecule has 0 saturated carbocycles. The zero-order valence-electron chi connectivity index (χ0n) is 11.6. The summed E-state index contributed by atoms with van der Waals surface area (Å²) in [6.07, 6.45) is 0. The van der Waals surface area contributed by atoms with Gasteiger partial charge in [-0.15, -0.1) is 0 Å². The molecular formula is C13H20N2O4. The molecular weight excluding hydrogens is 248 g/mol. The first-order chi connectivity index (χ1) is 8.68. The number of carbonyl (C=O) groups is 2. The van der Waals surface area contributed by atoms with E-state index in [1.807, 2.05) is 13.8 Å². The molecule has 4 N–H and O–H groups in total. The van der Waals surface area contributed by atoms with Crippen molar-refractivity contribution >= 4 is 11.9 Å². The van der Waals surface area contributed by atoms with Crippen LogP contribution in [-0.2, 0) is 11.3 Å². The lowest BCUT2D eigenvalue weighted by Gasteiger charge is -2.31. The molecule has 1 heterocycles. The zero-order chi connectivity index (χ0) is 14.8. The second-order valence-electron chi connectivity index (χ2n) is 5.06. The van der Waals surface area contributed by atoms with Crippen LogP contribution >= 0.6 is 0 Å². The minimum absolute atomic E-state index is 0.00000310. The Hall–Kier alpha value is -1.82.